The molecule has 0 spiro atoms. The van der Waals surface area contributed by atoms with Gasteiger partial charge in [0.05, 0.1) is 0 Å². The Morgan fingerprint density at radius 2 is 1.93 bits per heavy atom. The number of allylic oxidation sites excluding steroid dienone is 6. The molecule has 3 unspecified atom stereocenters. The molecule has 1 fully saturated rings. The van der Waals surface area contributed by atoms with Crippen LogP contribution in [0.4, 0.5) is 0 Å². The van der Waals surface area contributed by atoms with Crippen molar-refractivity contribution in [2.24, 2.45) is 17.8 Å². The van der Waals surface area contributed by atoms with E-state index in [2.05, 4.69) is 45.1 Å². The molecular weight excluding hydrogens is 180 g/mol. The van der Waals surface area contributed by atoms with Crippen LogP contribution >= 0.6 is 0 Å². The minimum Gasteiger partial charge on any atom is -0.0851 e. The summed E-state index contributed by atoms with van der Waals surface area (Å²) in [4.78, 5) is 0. The number of hydrogen-bond donors (Lipinski definition) is 0. The third kappa shape index (κ3) is 2.42. The standard InChI is InChI=1S/C15H22/c1-11(2)5-4-6-12(3)15-10-13-7-8-14(15)9-13/h5-8,13-15H,4,9-10H2,1-3H3. The summed E-state index contributed by atoms with van der Waals surface area (Å²) in [7, 11) is 0. The van der Waals surface area contributed by atoms with E-state index >= 15 is 0 Å². The molecular formula is C15H22. The van der Waals surface area contributed by atoms with Crippen LogP contribution < -0.4 is 0 Å². The molecule has 0 aliphatic heterocycles. The Balaban J connectivity index is 1.94. The lowest BCUT2D eigenvalue weighted by molar-refractivity contribution is 0.518. The highest BCUT2D eigenvalue weighted by Crippen LogP contribution is 2.46. The first-order chi connectivity index (χ1) is 7.16. The number of rotatable bonds is 3. The molecule has 0 aromatic carbocycles. The lowest BCUT2D eigenvalue weighted by Gasteiger charge is -2.18. The fourth-order valence-electron chi connectivity index (χ4n) is 2.94. The summed E-state index contributed by atoms with van der Waals surface area (Å²) >= 11 is 0. The smallest absolute Gasteiger partial charge is 0.0137 e. The Bertz CT molecular complexity index is 313. The van der Waals surface area contributed by atoms with Crippen LogP contribution in [0.3, 0.4) is 0 Å². The van der Waals surface area contributed by atoms with Crippen molar-refractivity contribution in [2.75, 3.05) is 0 Å². The average molecular weight is 202 g/mol. The molecule has 2 aliphatic rings. The summed E-state index contributed by atoms with van der Waals surface area (Å²) in [5, 5.41) is 0. The monoisotopic (exact) mass is 202 g/mol. The molecule has 2 rings (SSSR count). The Hall–Kier alpha value is -0.780. The van der Waals surface area contributed by atoms with Gasteiger partial charge in [0.2, 0.25) is 0 Å². The normalized spacial score (nSPS) is 33.5. The predicted molar refractivity (Wildman–Crippen MR) is 66.6 cm³/mol. The third-order valence-corrected chi connectivity index (χ3v) is 3.83. The van der Waals surface area contributed by atoms with E-state index in [0.717, 1.165) is 24.2 Å². The van der Waals surface area contributed by atoms with E-state index in [-0.39, 0.29) is 0 Å². The van der Waals surface area contributed by atoms with Gasteiger partial charge in [-0.25, -0.2) is 0 Å². The first-order valence-electron chi connectivity index (χ1n) is 6.15. The van der Waals surface area contributed by atoms with E-state index < -0.39 is 0 Å². The Labute approximate surface area is 93.8 Å². The van der Waals surface area contributed by atoms with Gasteiger partial charge in [-0.1, -0.05) is 35.5 Å². The van der Waals surface area contributed by atoms with Crippen molar-refractivity contribution in [1.29, 1.82) is 0 Å². The highest BCUT2D eigenvalue weighted by atomic mass is 14.4. The molecule has 0 nitrogen and oxygen atoms in total. The van der Waals surface area contributed by atoms with Crippen molar-refractivity contribution >= 4 is 0 Å². The number of fused-ring (bicyclic) bond motifs is 2. The zero-order valence-electron chi connectivity index (χ0n) is 10.2. The molecule has 0 amide bonds. The maximum atomic E-state index is 2.44. The minimum atomic E-state index is 0.852. The fourth-order valence-corrected chi connectivity index (χ4v) is 2.94. The van der Waals surface area contributed by atoms with Crippen LogP contribution in [0.15, 0.2) is 35.5 Å². The second kappa shape index (κ2) is 4.38. The summed E-state index contributed by atoms with van der Waals surface area (Å²) in [5.74, 6) is 2.61. The topological polar surface area (TPSA) is 0 Å². The highest BCUT2D eigenvalue weighted by Gasteiger charge is 2.35. The van der Waals surface area contributed by atoms with Gasteiger partial charge >= 0.3 is 0 Å². The van der Waals surface area contributed by atoms with Crippen molar-refractivity contribution in [3.8, 4) is 0 Å². The van der Waals surface area contributed by atoms with Gasteiger partial charge in [-0.3, -0.25) is 0 Å². The zero-order chi connectivity index (χ0) is 10.8. The van der Waals surface area contributed by atoms with Gasteiger partial charge < -0.3 is 0 Å². The van der Waals surface area contributed by atoms with Gasteiger partial charge in [0.25, 0.3) is 0 Å². The molecule has 0 radical (unpaired) electrons. The van der Waals surface area contributed by atoms with Crippen molar-refractivity contribution in [3.63, 3.8) is 0 Å². The predicted octanol–water partition coefficient (Wildman–Crippen LogP) is 4.50. The highest BCUT2D eigenvalue weighted by molar-refractivity contribution is 5.20. The van der Waals surface area contributed by atoms with Crippen LogP contribution in [-0.2, 0) is 0 Å². The van der Waals surface area contributed by atoms with Crippen LogP contribution in [0, 0.1) is 17.8 Å². The third-order valence-electron chi connectivity index (χ3n) is 3.83. The van der Waals surface area contributed by atoms with Gasteiger partial charge in [-0.2, -0.15) is 0 Å². The molecule has 0 aromatic rings. The molecule has 0 saturated heterocycles. The van der Waals surface area contributed by atoms with E-state index in [9.17, 15) is 0 Å². The second-order valence-electron chi connectivity index (χ2n) is 5.35. The Morgan fingerprint density at radius 1 is 1.13 bits per heavy atom. The average Bonchev–Trinajstić information content (AvgIpc) is 2.77. The molecule has 1 saturated carbocycles. The maximum absolute atomic E-state index is 2.44. The van der Waals surface area contributed by atoms with Crippen LogP contribution in [0.1, 0.15) is 40.0 Å². The molecule has 3 atom stereocenters. The maximum Gasteiger partial charge on any atom is -0.0137 e. The molecule has 0 aromatic heterocycles. The van der Waals surface area contributed by atoms with Gasteiger partial charge in [0.1, 0.15) is 0 Å². The van der Waals surface area contributed by atoms with Gasteiger partial charge in [0, 0.05) is 0 Å². The minimum absolute atomic E-state index is 0.852. The van der Waals surface area contributed by atoms with Gasteiger partial charge in [-0.05, 0) is 57.8 Å². The van der Waals surface area contributed by atoms with Crippen LogP contribution in [0.25, 0.3) is 0 Å². The van der Waals surface area contributed by atoms with Crippen molar-refractivity contribution in [1.82, 2.24) is 0 Å². The quantitative estimate of drug-likeness (QED) is 0.591. The summed E-state index contributed by atoms with van der Waals surface area (Å²) in [6, 6.07) is 0. The van der Waals surface area contributed by atoms with E-state index in [1.54, 1.807) is 5.57 Å². The summed E-state index contributed by atoms with van der Waals surface area (Å²) < 4.78 is 0. The van der Waals surface area contributed by atoms with Gasteiger partial charge in [-0.15, -0.1) is 0 Å². The van der Waals surface area contributed by atoms with Crippen LogP contribution in [0.5, 0.6) is 0 Å². The molecule has 2 bridgehead atoms. The molecule has 0 N–H and O–H groups in total. The molecule has 0 heterocycles. The van der Waals surface area contributed by atoms with Crippen molar-refractivity contribution < 1.29 is 0 Å². The SMILES string of the molecule is CC(C)=CCC=C(C)C1CC2C=CC1C2. The van der Waals surface area contributed by atoms with E-state index in [1.807, 2.05) is 0 Å². The molecule has 0 heteroatoms. The largest absolute Gasteiger partial charge is 0.0851 e. The molecule has 82 valence electrons. The van der Waals surface area contributed by atoms with E-state index in [4.69, 9.17) is 0 Å². The van der Waals surface area contributed by atoms with E-state index in [1.165, 1.54) is 18.4 Å². The summed E-state index contributed by atoms with van der Waals surface area (Å²) in [6.07, 6.45) is 13.5. The number of hydrogen-bond acceptors (Lipinski definition) is 0. The van der Waals surface area contributed by atoms with Crippen molar-refractivity contribution in [2.45, 2.75) is 40.0 Å². The first kappa shape index (κ1) is 10.7. The van der Waals surface area contributed by atoms with Crippen molar-refractivity contribution in [3.05, 3.63) is 35.5 Å². The zero-order valence-corrected chi connectivity index (χ0v) is 10.2. The summed E-state index contributed by atoms with van der Waals surface area (Å²) in [5.41, 5.74) is 3.04. The fraction of sp³-hybridized carbons (Fsp3) is 0.600. The van der Waals surface area contributed by atoms with E-state index in [0.29, 0.717) is 0 Å². The lowest BCUT2D eigenvalue weighted by Crippen LogP contribution is -2.07. The van der Waals surface area contributed by atoms with Gasteiger partial charge in [0.15, 0.2) is 0 Å². The first-order valence-corrected chi connectivity index (χ1v) is 6.15. The molecule has 2 aliphatic carbocycles. The second-order valence-corrected chi connectivity index (χ2v) is 5.35. The Kier molecular flexibility index (Phi) is 3.14. The summed E-state index contributed by atoms with van der Waals surface area (Å²) in [6.45, 7) is 6.66. The lowest BCUT2D eigenvalue weighted by atomic mass is 9.87. The Morgan fingerprint density at radius 3 is 2.47 bits per heavy atom. The molecule has 15 heavy (non-hydrogen) atoms. The van der Waals surface area contributed by atoms with Crippen LogP contribution in [0.2, 0.25) is 0 Å². The van der Waals surface area contributed by atoms with Crippen LogP contribution in [-0.4, -0.2) is 0 Å².